The smallest absolute Gasteiger partial charge is 0.161 e. The fourth-order valence-corrected chi connectivity index (χ4v) is 4.34. The number of para-hydroxylation sites is 2. The summed E-state index contributed by atoms with van der Waals surface area (Å²) in [7, 11) is 3.33. The Labute approximate surface area is 220 Å². The van der Waals surface area contributed by atoms with Crippen molar-refractivity contribution in [3.8, 4) is 17.2 Å². The fourth-order valence-electron chi connectivity index (χ4n) is 4.34. The SMILES string of the molecule is COc1ccc(COC[C@H]2CNCCN2c2ccc(COCCCOc3ccccc3OC)cc2)cc1. The van der Waals surface area contributed by atoms with Gasteiger partial charge in [0.2, 0.25) is 0 Å². The van der Waals surface area contributed by atoms with E-state index in [9.17, 15) is 0 Å². The van der Waals surface area contributed by atoms with Gasteiger partial charge in [0, 0.05) is 31.7 Å². The van der Waals surface area contributed by atoms with Crippen LogP contribution in [0, 0.1) is 0 Å². The first-order valence-corrected chi connectivity index (χ1v) is 12.9. The van der Waals surface area contributed by atoms with Crippen molar-refractivity contribution in [2.45, 2.75) is 25.7 Å². The van der Waals surface area contributed by atoms with Crippen LogP contribution in [0.1, 0.15) is 17.5 Å². The van der Waals surface area contributed by atoms with Crippen LogP contribution in [0.4, 0.5) is 5.69 Å². The molecule has 198 valence electrons. The van der Waals surface area contributed by atoms with E-state index in [1.54, 1.807) is 14.2 Å². The van der Waals surface area contributed by atoms with Crippen LogP contribution in [0.2, 0.25) is 0 Å². The zero-order chi connectivity index (χ0) is 25.7. The standard InChI is InChI=1S/C30H38N2O5/c1-33-28-14-10-25(11-15-28)22-36-23-27-20-31-16-17-32(27)26-12-8-24(9-13-26)21-35-18-5-19-37-30-7-4-3-6-29(30)34-2/h3-4,6-15,27,31H,5,16-23H2,1-2H3/t27-/m1/s1. The second kappa shape index (κ2) is 14.5. The molecule has 0 saturated carbocycles. The number of piperazine rings is 1. The normalized spacial score (nSPS) is 15.4. The number of ether oxygens (including phenoxy) is 5. The lowest BCUT2D eigenvalue weighted by Crippen LogP contribution is -2.53. The summed E-state index contributed by atoms with van der Waals surface area (Å²) in [6.45, 7) is 5.91. The third kappa shape index (κ3) is 8.12. The summed E-state index contributed by atoms with van der Waals surface area (Å²) in [5.41, 5.74) is 3.53. The molecule has 1 aliphatic heterocycles. The van der Waals surface area contributed by atoms with Crippen LogP contribution >= 0.6 is 0 Å². The average Bonchev–Trinajstić information content (AvgIpc) is 2.96. The third-order valence-electron chi connectivity index (χ3n) is 6.38. The minimum absolute atomic E-state index is 0.289. The fraction of sp³-hybridized carbons (Fsp3) is 0.400. The van der Waals surface area contributed by atoms with Crippen molar-refractivity contribution >= 4 is 5.69 Å². The number of hydrogen-bond donors (Lipinski definition) is 1. The highest BCUT2D eigenvalue weighted by Gasteiger charge is 2.22. The van der Waals surface area contributed by atoms with Crippen LogP contribution < -0.4 is 24.4 Å². The third-order valence-corrected chi connectivity index (χ3v) is 6.38. The van der Waals surface area contributed by atoms with Gasteiger partial charge in [-0.3, -0.25) is 0 Å². The Morgan fingerprint density at radius 1 is 0.784 bits per heavy atom. The predicted molar refractivity (Wildman–Crippen MR) is 146 cm³/mol. The van der Waals surface area contributed by atoms with Gasteiger partial charge in [-0.1, -0.05) is 36.4 Å². The summed E-state index contributed by atoms with van der Waals surface area (Å²) in [6.07, 6.45) is 0.815. The summed E-state index contributed by atoms with van der Waals surface area (Å²) in [5, 5.41) is 3.50. The van der Waals surface area contributed by atoms with Gasteiger partial charge in [0.25, 0.3) is 0 Å². The second-order valence-corrected chi connectivity index (χ2v) is 8.99. The van der Waals surface area contributed by atoms with Gasteiger partial charge in [-0.25, -0.2) is 0 Å². The first-order valence-electron chi connectivity index (χ1n) is 12.9. The molecule has 0 aliphatic carbocycles. The van der Waals surface area contributed by atoms with Crippen molar-refractivity contribution in [1.29, 1.82) is 0 Å². The zero-order valence-electron chi connectivity index (χ0n) is 21.9. The maximum atomic E-state index is 6.07. The molecule has 4 rings (SSSR count). The summed E-state index contributed by atoms with van der Waals surface area (Å²) < 4.78 is 28.3. The van der Waals surface area contributed by atoms with Crippen LogP contribution in [0.5, 0.6) is 17.2 Å². The Hall–Kier alpha value is -3.26. The van der Waals surface area contributed by atoms with E-state index in [1.807, 2.05) is 48.5 Å². The van der Waals surface area contributed by atoms with Gasteiger partial charge in [-0.05, 0) is 47.5 Å². The van der Waals surface area contributed by atoms with E-state index in [-0.39, 0.29) is 6.04 Å². The van der Waals surface area contributed by atoms with E-state index < -0.39 is 0 Å². The van der Waals surface area contributed by atoms with E-state index >= 15 is 0 Å². The van der Waals surface area contributed by atoms with Gasteiger partial charge in [0.1, 0.15) is 5.75 Å². The Morgan fingerprint density at radius 3 is 2.22 bits per heavy atom. The lowest BCUT2D eigenvalue weighted by molar-refractivity contribution is 0.102. The Bertz CT molecular complexity index is 1060. The van der Waals surface area contributed by atoms with Crippen LogP contribution in [0.25, 0.3) is 0 Å². The first-order chi connectivity index (χ1) is 18.3. The molecule has 3 aromatic rings. The minimum atomic E-state index is 0.289. The van der Waals surface area contributed by atoms with E-state index in [0.29, 0.717) is 33.0 Å². The minimum Gasteiger partial charge on any atom is -0.497 e. The molecule has 1 N–H and O–H groups in total. The second-order valence-electron chi connectivity index (χ2n) is 8.99. The van der Waals surface area contributed by atoms with Crippen molar-refractivity contribution < 1.29 is 23.7 Å². The topological polar surface area (TPSA) is 61.4 Å². The van der Waals surface area contributed by atoms with E-state index in [1.165, 1.54) is 5.69 Å². The van der Waals surface area contributed by atoms with Gasteiger partial charge < -0.3 is 33.9 Å². The van der Waals surface area contributed by atoms with Gasteiger partial charge in [-0.2, -0.15) is 0 Å². The number of benzene rings is 3. The molecule has 1 heterocycles. The molecular weight excluding hydrogens is 468 g/mol. The van der Waals surface area contributed by atoms with Gasteiger partial charge in [0.05, 0.1) is 53.3 Å². The van der Waals surface area contributed by atoms with E-state index in [4.69, 9.17) is 23.7 Å². The molecule has 7 nitrogen and oxygen atoms in total. The lowest BCUT2D eigenvalue weighted by atomic mass is 10.1. The molecule has 0 aromatic heterocycles. The van der Waals surface area contributed by atoms with Crippen molar-refractivity contribution in [1.82, 2.24) is 5.32 Å². The first kappa shape index (κ1) is 26.8. The molecule has 0 bridgehead atoms. The monoisotopic (exact) mass is 506 g/mol. The van der Waals surface area contributed by atoms with Crippen molar-refractivity contribution in [3.63, 3.8) is 0 Å². The molecule has 7 heteroatoms. The van der Waals surface area contributed by atoms with Crippen LogP contribution in [0.3, 0.4) is 0 Å². The van der Waals surface area contributed by atoms with Crippen LogP contribution in [-0.2, 0) is 22.7 Å². The molecule has 0 amide bonds. The summed E-state index contributed by atoms with van der Waals surface area (Å²) in [6, 6.07) is 24.7. The molecule has 37 heavy (non-hydrogen) atoms. The van der Waals surface area contributed by atoms with Crippen molar-refractivity contribution in [2.24, 2.45) is 0 Å². The summed E-state index contributed by atoms with van der Waals surface area (Å²) in [5.74, 6) is 2.37. The Balaban J connectivity index is 1.18. The maximum absolute atomic E-state index is 6.07. The molecule has 0 unspecified atom stereocenters. The maximum Gasteiger partial charge on any atom is 0.161 e. The summed E-state index contributed by atoms with van der Waals surface area (Å²) in [4.78, 5) is 2.43. The summed E-state index contributed by atoms with van der Waals surface area (Å²) >= 11 is 0. The zero-order valence-corrected chi connectivity index (χ0v) is 21.9. The van der Waals surface area contributed by atoms with Crippen LogP contribution in [-0.4, -0.2) is 59.7 Å². The lowest BCUT2D eigenvalue weighted by Gasteiger charge is -2.38. The highest BCUT2D eigenvalue weighted by atomic mass is 16.5. The molecule has 1 aliphatic rings. The molecule has 1 atom stereocenters. The number of rotatable bonds is 14. The van der Waals surface area contributed by atoms with Gasteiger partial charge >= 0.3 is 0 Å². The predicted octanol–water partition coefficient (Wildman–Crippen LogP) is 4.68. The molecule has 1 saturated heterocycles. The van der Waals surface area contributed by atoms with Gasteiger partial charge in [-0.15, -0.1) is 0 Å². The molecule has 3 aromatic carbocycles. The van der Waals surface area contributed by atoms with Crippen LogP contribution in [0.15, 0.2) is 72.8 Å². The average molecular weight is 507 g/mol. The van der Waals surface area contributed by atoms with Crippen molar-refractivity contribution in [3.05, 3.63) is 83.9 Å². The highest BCUT2D eigenvalue weighted by Crippen LogP contribution is 2.26. The molecule has 0 spiro atoms. The number of anilines is 1. The number of nitrogens with zero attached hydrogens (tertiary/aromatic N) is 1. The quantitative estimate of drug-likeness (QED) is 0.319. The van der Waals surface area contributed by atoms with E-state index in [2.05, 4.69) is 34.5 Å². The van der Waals surface area contributed by atoms with E-state index in [0.717, 1.165) is 54.4 Å². The number of hydrogen-bond acceptors (Lipinski definition) is 7. The van der Waals surface area contributed by atoms with Gasteiger partial charge in [0.15, 0.2) is 11.5 Å². The molecule has 0 radical (unpaired) electrons. The Kier molecular flexibility index (Phi) is 10.5. The largest absolute Gasteiger partial charge is 0.497 e. The molecular formula is C30H38N2O5. The van der Waals surface area contributed by atoms with Crippen molar-refractivity contribution in [2.75, 3.05) is 58.6 Å². The highest BCUT2D eigenvalue weighted by molar-refractivity contribution is 5.49. The number of nitrogens with one attached hydrogen (secondary N) is 1. The number of methoxy groups -OCH3 is 2. The molecule has 1 fully saturated rings. The Morgan fingerprint density at radius 2 is 1.49 bits per heavy atom.